The molecule has 2 aliphatic rings. The van der Waals surface area contributed by atoms with E-state index in [0.29, 0.717) is 5.91 Å². The van der Waals surface area contributed by atoms with Crippen molar-refractivity contribution in [3.8, 4) is 0 Å². The molecule has 1 fully saturated rings. The van der Waals surface area contributed by atoms with Gasteiger partial charge in [-0.1, -0.05) is 6.92 Å². The van der Waals surface area contributed by atoms with Crippen molar-refractivity contribution in [2.45, 2.75) is 45.4 Å². The van der Waals surface area contributed by atoms with Crippen LogP contribution in [-0.4, -0.2) is 23.9 Å². The molecule has 1 aliphatic carbocycles. The molecule has 1 aliphatic heterocycles. The number of nitrogens with zero attached hydrogens (tertiary/aromatic N) is 1. The zero-order chi connectivity index (χ0) is 12.5. The van der Waals surface area contributed by atoms with Crippen LogP contribution in [0.15, 0.2) is 5.38 Å². The molecule has 0 radical (unpaired) electrons. The number of carbonyl (C=O) groups excluding carboxylic acids is 1. The van der Waals surface area contributed by atoms with E-state index in [4.69, 9.17) is 0 Å². The fourth-order valence-electron chi connectivity index (χ4n) is 3.06. The standard InChI is InChI=1S/C15H21NOS/c1-11-6-8-16(9-7-11)15(17)13-10-18-14-5-3-2-4-12(13)14/h10-11H,2-9H2,1H3. The van der Waals surface area contributed by atoms with E-state index in [-0.39, 0.29) is 0 Å². The van der Waals surface area contributed by atoms with Crippen LogP contribution in [0, 0.1) is 5.92 Å². The van der Waals surface area contributed by atoms with E-state index in [0.717, 1.165) is 43.8 Å². The van der Waals surface area contributed by atoms with Gasteiger partial charge in [0.15, 0.2) is 0 Å². The van der Waals surface area contributed by atoms with Crippen molar-refractivity contribution >= 4 is 17.2 Å². The summed E-state index contributed by atoms with van der Waals surface area (Å²) in [6, 6.07) is 0. The highest BCUT2D eigenvalue weighted by Crippen LogP contribution is 2.31. The van der Waals surface area contributed by atoms with E-state index in [1.54, 1.807) is 11.3 Å². The summed E-state index contributed by atoms with van der Waals surface area (Å²) >= 11 is 1.80. The molecule has 0 saturated carbocycles. The Kier molecular flexibility index (Phi) is 3.42. The number of hydrogen-bond donors (Lipinski definition) is 0. The highest BCUT2D eigenvalue weighted by molar-refractivity contribution is 7.10. The Morgan fingerprint density at radius 3 is 2.78 bits per heavy atom. The Labute approximate surface area is 113 Å². The van der Waals surface area contributed by atoms with Gasteiger partial charge in [0, 0.05) is 23.3 Å². The van der Waals surface area contributed by atoms with Crippen LogP contribution < -0.4 is 0 Å². The van der Waals surface area contributed by atoms with E-state index in [9.17, 15) is 4.79 Å². The second-order valence-electron chi connectivity index (χ2n) is 5.73. The van der Waals surface area contributed by atoms with Gasteiger partial charge in [0.05, 0.1) is 5.56 Å². The molecule has 0 N–H and O–H groups in total. The quantitative estimate of drug-likeness (QED) is 0.759. The van der Waals surface area contributed by atoms with Gasteiger partial charge in [-0.15, -0.1) is 11.3 Å². The Bertz CT molecular complexity index is 443. The third kappa shape index (κ3) is 2.20. The number of piperidine rings is 1. The lowest BCUT2D eigenvalue weighted by Crippen LogP contribution is -2.38. The van der Waals surface area contributed by atoms with Gasteiger partial charge in [0.25, 0.3) is 5.91 Å². The number of rotatable bonds is 1. The van der Waals surface area contributed by atoms with Gasteiger partial charge in [0.1, 0.15) is 0 Å². The highest BCUT2D eigenvalue weighted by Gasteiger charge is 2.26. The second kappa shape index (κ2) is 5.04. The molecule has 1 aromatic heterocycles. The minimum atomic E-state index is 0.293. The lowest BCUT2D eigenvalue weighted by molar-refractivity contribution is 0.0696. The molecular weight excluding hydrogens is 242 g/mol. The molecule has 0 atom stereocenters. The van der Waals surface area contributed by atoms with Crippen molar-refractivity contribution in [2.75, 3.05) is 13.1 Å². The summed E-state index contributed by atoms with van der Waals surface area (Å²) in [6.07, 6.45) is 7.17. The van der Waals surface area contributed by atoms with Gasteiger partial charge in [-0.3, -0.25) is 4.79 Å². The Balaban J connectivity index is 1.78. The van der Waals surface area contributed by atoms with Crippen LogP contribution in [0.5, 0.6) is 0 Å². The molecule has 2 nitrogen and oxygen atoms in total. The van der Waals surface area contributed by atoms with Crippen LogP contribution >= 0.6 is 11.3 Å². The van der Waals surface area contributed by atoms with Gasteiger partial charge in [-0.05, 0) is 50.0 Å². The van der Waals surface area contributed by atoms with Gasteiger partial charge in [-0.25, -0.2) is 0 Å². The molecule has 1 amide bonds. The predicted octanol–water partition coefficient (Wildman–Crippen LogP) is 3.50. The summed E-state index contributed by atoms with van der Waals surface area (Å²) < 4.78 is 0. The van der Waals surface area contributed by atoms with Crippen molar-refractivity contribution in [2.24, 2.45) is 5.92 Å². The third-order valence-electron chi connectivity index (χ3n) is 4.36. The maximum atomic E-state index is 12.6. The number of thiophene rings is 1. The Morgan fingerprint density at radius 1 is 1.28 bits per heavy atom. The SMILES string of the molecule is CC1CCN(C(=O)c2csc3c2CCCC3)CC1. The normalized spacial score (nSPS) is 20.8. The first-order chi connectivity index (χ1) is 8.75. The van der Waals surface area contributed by atoms with Crippen molar-refractivity contribution in [3.63, 3.8) is 0 Å². The summed E-state index contributed by atoms with van der Waals surface area (Å²) in [5.41, 5.74) is 2.39. The first-order valence-electron chi connectivity index (χ1n) is 7.14. The number of aryl methyl sites for hydroxylation is 1. The van der Waals surface area contributed by atoms with Crippen molar-refractivity contribution in [3.05, 3.63) is 21.4 Å². The van der Waals surface area contributed by atoms with Gasteiger partial charge in [-0.2, -0.15) is 0 Å². The van der Waals surface area contributed by atoms with Crippen molar-refractivity contribution in [1.29, 1.82) is 0 Å². The Morgan fingerprint density at radius 2 is 2.00 bits per heavy atom. The maximum absolute atomic E-state index is 12.6. The Hall–Kier alpha value is -0.830. The second-order valence-corrected chi connectivity index (χ2v) is 6.70. The summed E-state index contributed by atoms with van der Waals surface area (Å²) in [5.74, 6) is 1.08. The molecular formula is C15H21NOS. The summed E-state index contributed by atoms with van der Waals surface area (Å²) in [7, 11) is 0. The largest absolute Gasteiger partial charge is 0.339 e. The molecule has 1 aromatic rings. The predicted molar refractivity (Wildman–Crippen MR) is 75.3 cm³/mol. The molecule has 0 unspecified atom stereocenters. The lowest BCUT2D eigenvalue weighted by atomic mass is 9.94. The number of likely N-dealkylation sites (tertiary alicyclic amines) is 1. The van der Waals surface area contributed by atoms with Crippen LogP contribution in [-0.2, 0) is 12.8 Å². The summed E-state index contributed by atoms with van der Waals surface area (Å²) in [5, 5.41) is 2.11. The summed E-state index contributed by atoms with van der Waals surface area (Å²) in [4.78, 5) is 16.1. The van der Waals surface area contributed by atoms with Crippen LogP contribution in [0.1, 0.15) is 53.4 Å². The molecule has 3 heteroatoms. The number of amides is 1. The molecule has 0 aromatic carbocycles. The van der Waals surface area contributed by atoms with Gasteiger partial charge >= 0.3 is 0 Å². The summed E-state index contributed by atoms with van der Waals surface area (Å²) in [6.45, 7) is 4.18. The van der Waals surface area contributed by atoms with Crippen LogP contribution in [0.4, 0.5) is 0 Å². The van der Waals surface area contributed by atoms with E-state index >= 15 is 0 Å². The van der Waals surface area contributed by atoms with E-state index in [1.807, 2.05) is 0 Å². The van der Waals surface area contributed by atoms with Crippen LogP contribution in [0.2, 0.25) is 0 Å². The van der Waals surface area contributed by atoms with E-state index in [1.165, 1.54) is 29.7 Å². The zero-order valence-electron chi connectivity index (χ0n) is 11.1. The minimum absolute atomic E-state index is 0.293. The minimum Gasteiger partial charge on any atom is -0.339 e. The number of hydrogen-bond acceptors (Lipinski definition) is 2. The van der Waals surface area contributed by atoms with E-state index < -0.39 is 0 Å². The van der Waals surface area contributed by atoms with Crippen molar-refractivity contribution < 1.29 is 4.79 Å². The molecule has 0 spiro atoms. The van der Waals surface area contributed by atoms with Crippen LogP contribution in [0.25, 0.3) is 0 Å². The highest BCUT2D eigenvalue weighted by atomic mass is 32.1. The zero-order valence-corrected chi connectivity index (χ0v) is 11.9. The fraction of sp³-hybridized carbons (Fsp3) is 0.667. The monoisotopic (exact) mass is 263 g/mol. The van der Waals surface area contributed by atoms with Gasteiger partial charge < -0.3 is 4.90 Å². The molecule has 98 valence electrons. The molecule has 0 bridgehead atoms. The first kappa shape index (κ1) is 12.2. The fourth-order valence-corrected chi connectivity index (χ4v) is 4.17. The maximum Gasteiger partial charge on any atom is 0.254 e. The smallest absolute Gasteiger partial charge is 0.254 e. The van der Waals surface area contributed by atoms with Crippen molar-refractivity contribution in [1.82, 2.24) is 4.90 Å². The third-order valence-corrected chi connectivity index (χ3v) is 5.45. The average Bonchev–Trinajstić information content (AvgIpc) is 2.82. The molecule has 1 saturated heterocycles. The van der Waals surface area contributed by atoms with Crippen LogP contribution in [0.3, 0.4) is 0 Å². The van der Waals surface area contributed by atoms with E-state index in [2.05, 4.69) is 17.2 Å². The number of fused-ring (bicyclic) bond motifs is 1. The molecule has 18 heavy (non-hydrogen) atoms. The lowest BCUT2D eigenvalue weighted by Gasteiger charge is -2.30. The van der Waals surface area contributed by atoms with Gasteiger partial charge in [0.2, 0.25) is 0 Å². The average molecular weight is 263 g/mol. The first-order valence-corrected chi connectivity index (χ1v) is 8.02. The topological polar surface area (TPSA) is 20.3 Å². The molecule has 2 heterocycles. The molecule has 3 rings (SSSR count). The number of carbonyl (C=O) groups is 1.